The molecular formula is C17H19FN4O5S. The summed E-state index contributed by atoms with van der Waals surface area (Å²) in [6.45, 7) is 1.69. The predicted molar refractivity (Wildman–Crippen MR) is 96.1 cm³/mol. The molecule has 9 nitrogen and oxygen atoms in total. The number of nitrogens with zero attached hydrogens (tertiary/aromatic N) is 3. The Morgan fingerprint density at radius 2 is 2.21 bits per heavy atom. The molecule has 0 saturated carbocycles. The number of rotatable bonds is 5. The first-order valence-electron chi connectivity index (χ1n) is 8.77. The summed E-state index contributed by atoms with van der Waals surface area (Å²) in [5.41, 5.74) is 0.0525. The Bertz CT molecular complexity index is 972. The van der Waals surface area contributed by atoms with Crippen LogP contribution in [-0.2, 0) is 28.0 Å². The molecular weight excluding hydrogens is 391 g/mol. The van der Waals surface area contributed by atoms with E-state index in [1.807, 2.05) is 0 Å². The number of hydrogen-bond acceptors (Lipinski definition) is 7. The molecule has 0 radical (unpaired) electrons. The maximum Gasteiger partial charge on any atom is 0.326 e. The van der Waals surface area contributed by atoms with E-state index in [1.54, 1.807) is 10.9 Å². The number of carbonyl (C=O) groups excluding carboxylic acids is 1. The first-order valence-corrected chi connectivity index (χ1v) is 10.2. The number of amides is 1. The Hall–Kier alpha value is -2.66. The predicted octanol–water partition coefficient (Wildman–Crippen LogP) is 0.765. The molecule has 1 unspecified atom stereocenters. The van der Waals surface area contributed by atoms with Crippen molar-refractivity contribution < 1.29 is 27.1 Å². The monoisotopic (exact) mass is 410 g/mol. The van der Waals surface area contributed by atoms with Crippen molar-refractivity contribution >= 4 is 21.8 Å². The van der Waals surface area contributed by atoms with Gasteiger partial charge in [0.05, 0.1) is 12.7 Å². The van der Waals surface area contributed by atoms with E-state index in [0.717, 1.165) is 19.5 Å². The van der Waals surface area contributed by atoms with Crippen LogP contribution < -0.4 is 9.03 Å². The normalized spacial score (nSPS) is 22.0. The van der Waals surface area contributed by atoms with Gasteiger partial charge in [-0.1, -0.05) is 0 Å². The summed E-state index contributed by atoms with van der Waals surface area (Å²) in [6.07, 6.45) is 4.57. The highest BCUT2D eigenvalue weighted by atomic mass is 32.2. The van der Waals surface area contributed by atoms with Gasteiger partial charge >= 0.3 is 10.2 Å². The molecule has 4 rings (SSSR count). The molecule has 1 atom stereocenters. The molecule has 11 heteroatoms. The lowest BCUT2D eigenvalue weighted by Crippen LogP contribution is -2.30. The lowest BCUT2D eigenvalue weighted by atomic mass is 9.98. The summed E-state index contributed by atoms with van der Waals surface area (Å²) in [6, 6.07) is 2.57. The van der Waals surface area contributed by atoms with Crippen LogP contribution >= 0.6 is 0 Å². The number of hydrogen-bond donors (Lipinski definition) is 2. The minimum atomic E-state index is -4.19. The van der Waals surface area contributed by atoms with Gasteiger partial charge in [0.1, 0.15) is 24.2 Å². The first kappa shape index (κ1) is 18.7. The summed E-state index contributed by atoms with van der Waals surface area (Å²) in [5.74, 6) is -1.27. The van der Waals surface area contributed by atoms with Crippen LogP contribution in [0.5, 0.6) is 5.75 Å². The van der Waals surface area contributed by atoms with Crippen LogP contribution in [0.1, 0.15) is 17.9 Å². The van der Waals surface area contributed by atoms with Gasteiger partial charge in [-0.15, -0.1) is 0 Å². The van der Waals surface area contributed by atoms with Crippen LogP contribution in [-0.4, -0.2) is 48.9 Å². The molecule has 0 bridgehead atoms. The average molecular weight is 410 g/mol. The molecule has 2 aromatic rings. The number of phenolic OH excluding ortho intramolecular Hbond substituents is 1. The van der Waals surface area contributed by atoms with Crippen molar-refractivity contribution in [3.8, 4) is 5.75 Å². The van der Waals surface area contributed by atoms with Crippen molar-refractivity contribution in [1.29, 1.82) is 0 Å². The number of aromatic nitrogens is 1. The maximum absolute atomic E-state index is 14.6. The van der Waals surface area contributed by atoms with E-state index in [1.165, 1.54) is 18.4 Å². The molecule has 2 aliphatic rings. The summed E-state index contributed by atoms with van der Waals surface area (Å²) >= 11 is 0. The van der Waals surface area contributed by atoms with Crippen molar-refractivity contribution in [3.63, 3.8) is 0 Å². The van der Waals surface area contributed by atoms with Crippen LogP contribution in [0.25, 0.3) is 0 Å². The molecule has 1 amide bonds. The Kier molecular flexibility index (Phi) is 4.71. The fourth-order valence-corrected chi connectivity index (χ4v) is 4.90. The number of aromatic hydroxyl groups is 1. The minimum Gasteiger partial charge on any atom is -0.506 e. The molecule has 0 aliphatic carbocycles. The van der Waals surface area contributed by atoms with Crippen LogP contribution in [0.2, 0.25) is 0 Å². The van der Waals surface area contributed by atoms with Gasteiger partial charge in [-0.3, -0.25) is 9.69 Å². The van der Waals surface area contributed by atoms with Gasteiger partial charge in [0.15, 0.2) is 5.82 Å². The van der Waals surface area contributed by atoms with Gasteiger partial charge in [-0.25, -0.2) is 18.4 Å². The number of oxazole rings is 1. The molecule has 2 N–H and O–H groups in total. The highest BCUT2D eigenvalue weighted by molar-refractivity contribution is 7.92. The third kappa shape index (κ3) is 3.67. The summed E-state index contributed by atoms with van der Waals surface area (Å²) in [7, 11) is -4.19. The lowest BCUT2D eigenvalue weighted by molar-refractivity contribution is -0.117. The van der Waals surface area contributed by atoms with E-state index in [4.69, 9.17) is 4.42 Å². The van der Waals surface area contributed by atoms with Crippen LogP contribution in [0.4, 0.5) is 10.1 Å². The average Bonchev–Trinajstić information content (AvgIpc) is 3.30. The smallest absolute Gasteiger partial charge is 0.326 e. The minimum absolute atomic E-state index is 0.262. The lowest BCUT2D eigenvalue weighted by Gasteiger charge is -2.18. The Morgan fingerprint density at radius 3 is 2.86 bits per heavy atom. The molecule has 2 aliphatic heterocycles. The molecule has 28 heavy (non-hydrogen) atoms. The Morgan fingerprint density at radius 1 is 1.39 bits per heavy atom. The molecule has 3 heterocycles. The molecule has 1 aromatic heterocycles. The zero-order chi connectivity index (χ0) is 19.9. The topological polar surface area (TPSA) is 116 Å². The van der Waals surface area contributed by atoms with E-state index >= 15 is 0 Å². The number of likely N-dealkylation sites (tertiary alicyclic amines) is 1. The zero-order valence-electron chi connectivity index (χ0n) is 14.8. The van der Waals surface area contributed by atoms with Gasteiger partial charge in [0.2, 0.25) is 5.89 Å². The van der Waals surface area contributed by atoms with Crippen molar-refractivity contribution in [1.82, 2.24) is 14.6 Å². The molecule has 150 valence electrons. The largest absolute Gasteiger partial charge is 0.506 e. The zero-order valence-corrected chi connectivity index (χ0v) is 15.7. The van der Waals surface area contributed by atoms with Crippen LogP contribution in [0.15, 0.2) is 29.0 Å². The quantitative estimate of drug-likeness (QED) is 0.748. The second kappa shape index (κ2) is 7.06. The van der Waals surface area contributed by atoms with Gasteiger partial charge in [0.25, 0.3) is 5.91 Å². The summed E-state index contributed by atoms with van der Waals surface area (Å²) in [4.78, 5) is 17.6. The van der Waals surface area contributed by atoms with Gasteiger partial charge in [-0.2, -0.15) is 8.42 Å². The molecule has 2 fully saturated rings. The van der Waals surface area contributed by atoms with E-state index in [9.17, 15) is 22.7 Å². The number of carbonyl (C=O) groups is 1. The van der Waals surface area contributed by atoms with Crippen LogP contribution in [0, 0.1) is 11.7 Å². The Labute approximate surface area is 160 Å². The van der Waals surface area contributed by atoms with Crippen molar-refractivity contribution in [2.24, 2.45) is 5.92 Å². The number of phenols is 1. The number of benzene rings is 1. The highest BCUT2D eigenvalue weighted by Gasteiger charge is 2.37. The number of anilines is 1. The molecule has 0 spiro atoms. The first-order chi connectivity index (χ1) is 13.3. The third-order valence-electron chi connectivity index (χ3n) is 4.91. The summed E-state index contributed by atoms with van der Waals surface area (Å²) in [5, 5.41) is 10.2. The second-order valence-electron chi connectivity index (χ2n) is 7.00. The van der Waals surface area contributed by atoms with Crippen molar-refractivity contribution in [3.05, 3.63) is 41.9 Å². The fraction of sp³-hybridized carbons (Fsp3) is 0.412. The van der Waals surface area contributed by atoms with Gasteiger partial charge < -0.3 is 9.52 Å². The van der Waals surface area contributed by atoms with E-state index < -0.39 is 39.9 Å². The molecule has 1 aromatic carbocycles. The van der Waals surface area contributed by atoms with E-state index in [2.05, 4.69) is 9.88 Å². The van der Waals surface area contributed by atoms with Crippen molar-refractivity contribution in [2.45, 2.75) is 19.4 Å². The summed E-state index contributed by atoms with van der Waals surface area (Å²) < 4.78 is 46.0. The van der Waals surface area contributed by atoms with E-state index in [0.29, 0.717) is 28.7 Å². The van der Waals surface area contributed by atoms with Crippen LogP contribution in [0.3, 0.4) is 0 Å². The number of halogens is 1. The maximum atomic E-state index is 14.6. The molecule has 2 saturated heterocycles. The van der Waals surface area contributed by atoms with Gasteiger partial charge in [0, 0.05) is 6.54 Å². The second-order valence-corrected chi connectivity index (χ2v) is 8.60. The number of nitrogens with one attached hydrogen (secondary N) is 1. The van der Waals surface area contributed by atoms with E-state index in [-0.39, 0.29) is 5.92 Å². The third-order valence-corrected chi connectivity index (χ3v) is 6.29. The van der Waals surface area contributed by atoms with Gasteiger partial charge in [-0.05, 0) is 43.0 Å². The highest BCUT2D eigenvalue weighted by Crippen LogP contribution is 2.35. The standard InChI is InChI=1S/C17H19FN4O5S/c18-13-6-12(5-11-1-3-21(8-11)10-16-19-2-4-27-16)7-14(23)17(13)22-9-15(24)20-28(22,25)26/h2,4,6-7,11,23H,1,3,5,8-10H2,(H,20,24). The van der Waals surface area contributed by atoms with Crippen molar-refractivity contribution in [2.75, 3.05) is 23.9 Å². The Balaban J connectivity index is 1.46. The fourth-order valence-electron chi connectivity index (χ4n) is 3.73. The SMILES string of the molecule is O=C1CN(c2c(O)cc(CC3CCN(Cc4ncco4)C3)cc2F)S(=O)(=O)N1.